The van der Waals surface area contributed by atoms with Gasteiger partial charge in [0.2, 0.25) is 5.82 Å². The lowest BCUT2D eigenvalue weighted by Gasteiger charge is -2.07. The zero-order valence-corrected chi connectivity index (χ0v) is 14.3. The molecule has 0 saturated heterocycles. The molecule has 1 fully saturated rings. The third-order valence-corrected chi connectivity index (χ3v) is 4.79. The smallest absolute Gasteiger partial charge is 0.312 e. The fourth-order valence-electron chi connectivity index (χ4n) is 3.29. The van der Waals surface area contributed by atoms with E-state index in [9.17, 15) is 4.79 Å². The second-order valence-electron chi connectivity index (χ2n) is 6.43. The van der Waals surface area contributed by atoms with E-state index in [1.165, 1.54) is 0 Å². The average Bonchev–Trinajstić information content (AvgIpc) is 3.34. The van der Waals surface area contributed by atoms with E-state index in [1.807, 2.05) is 48.0 Å². The third kappa shape index (κ3) is 2.25. The van der Waals surface area contributed by atoms with Crippen LogP contribution < -0.4 is 10.1 Å². The van der Waals surface area contributed by atoms with E-state index in [4.69, 9.17) is 11.6 Å². The van der Waals surface area contributed by atoms with Gasteiger partial charge in [-0.15, -0.1) is 4.52 Å². The van der Waals surface area contributed by atoms with Crippen molar-refractivity contribution in [1.82, 2.24) is 19.6 Å². The Morgan fingerprint density at radius 2 is 2.12 bits per heavy atom. The quantitative estimate of drug-likeness (QED) is 0.564. The zero-order valence-electron chi connectivity index (χ0n) is 13.5. The topological polar surface area (TPSA) is 67.7 Å². The van der Waals surface area contributed by atoms with Gasteiger partial charge in [-0.2, -0.15) is 0 Å². The van der Waals surface area contributed by atoms with Crippen LogP contribution in [0, 0.1) is 6.92 Å². The average molecular weight is 353 g/mol. The summed E-state index contributed by atoms with van der Waals surface area (Å²) >= 11 is 6.20. The van der Waals surface area contributed by atoms with Gasteiger partial charge in [-0.3, -0.25) is 4.79 Å². The first-order chi connectivity index (χ1) is 12.1. The van der Waals surface area contributed by atoms with Crippen LogP contribution >= 0.6 is 11.6 Å². The Hall–Kier alpha value is -2.73. The molecular weight excluding hydrogens is 338 g/mol. The highest BCUT2D eigenvalue weighted by Crippen LogP contribution is 2.34. The van der Waals surface area contributed by atoms with Gasteiger partial charge >= 0.3 is 5.78 Å². The zero-order chi connectivity index (χ0) is 17.1. The molecular formula is C18H15ClN5O+. The number of aromatic amines is 1. The summed E-state index contributed by atoms with van der Waals surface area (Å²) in [6.45, 7) is 1.86. The lowest BCUT2D eigenvalue weighted by Crippen LogP contribution is -2.31. The van der Waals surface area contributed by atoms with Gasteiger partial charge in [0.05, 0.1) is 0 Å². The molecule has 4 aromatic rings. The molecule has 1 aliphatic carbocycles. The summed E-state index contributed by atoms with van der Waals surface area (Å²) in [4.78, 5) is 22.2. The molecule has 124 valence electrons. The Bertz CT molecular complexity index is 1210. The number of nitrogens with zero attached hydrogens (tertiary/aromatic N) is 4. The molecule has 0 radical (unpaired) electrons. The minimum absolute atomic E-state index is 0.0240. The fourth-order valence-corrected chi connectivity index (χ4v) is 3.48. The van der Waals surface area contributed by atoms with Crippen LogP contribution in [0.5, 0.6) is 0 Å². The number of nitrogens with one attached hydrogen (secondary N) is 1. The van der Waals surface area contributed by atoms with Crippen molar-refractivity contribution >= 4 is 28.3 Å². The van der Waals surface area contributed by atoms with E-state index in [-0.39, 0.29) is 5.56 Å². The van der Waals surface area contributed by atoms with Crippen LogP contribution in [0.3, 0.4) is 0 Å². The van der Waals surface area contributed by atoms with Crippen molar-refractivity contribution in [2.24, 2.45) is 0 Å². The van der Waals surface area contributed by atoms with Gasteiger partial charge in [-0.1, -0.05) is 33.7 Å². The molecule has 7 heteroatoms. The van der Waals surface area contributed by atoms with Gasteiger partial charge < -0.3 is 4.57 Å². The van der Waals surface area contributed by atoms with E-state index < -0.39 is 0 Å². The van der Waals surface area contributed by atoms with Gasteiger partial charge in [0.25, 0.3) is 5.56 Å². The largest absolute Gasteiger partial charge is 0.458 e. The van der Waals surface area contributed by atoms with Gasteiger partial charge in [-0.05, 0) is 31.0 Å². The maximum Gasteiger partial charge on any atom is 0.458 e. The summed E-state index contributed by atoms with van der Waals surface area (Å²) in [5, 5.41) is 4.38. The van der Waals surface area contributed by atoms with Gasteiger partial charge in [0, 0.05) is 29.7 Å². The van der Waals surface area contributed by atoms with E-state index in [0.29, 0.717) is 27.7 Å². The Morgan fingerprint density at radius 1 is 1.28 bits per heavy atom. The van der Waals surface area contributed by atoms with Gasteiger partial charge in [-0.25, -0.2) is 5.10 Å². The van der Waals surface area contributed by atoms with Crippen molar-refractivity contribution in [2.75, 3.05) is 0 Å². The second-order valence-corrected chi connectivity index (χ2v) is 6.87. The van der Waals surface area contributed by atoms with E-state index in [1.54, 1.807) is 4.52 Å². The molecule has 3 aromatic heterocycles. The molecule has 0 unspecified atom stereocenters. The van der Waals surface area contributed by atoms with Crippen molar-refractivity contribution in [1.29, 1.82) is 0 Å². The fraction of sp³-hybridized carbons (Fsp3) is 0.222. The Morgan fingerprint density at radius 3 is 2.88 bits per heavy atom. The van der Waals surface area contributed by atoms with Crippen molar-refractivity contribution in [2.45, 2.75) is 25.8 Å². The molecule has 6 nitrogen and oxygen atoms in total. The molecule has 25 heavy (non-hydrogen) atoms. The number of benzene rings is 1. The first-order valence-corrected chi connectivity index (χ1v) is 8.59. The number of aryl methyl sites for hydroxylation is 1. The van der Waals surface area contributed by atoms with Crippen LogP contribution in [0.4, 0.5) is 0 Å². The number of aromatic nitrogens is 5. The highest BCUT2D eigenvalue weighted by Gasteiger charge is 2.28. The molecule has 1 aromatic carbocycles. The number of rotatable bonds is 2. The van der Waals surface area contributed by atoms with Crippen LogP contribution in [-0.4, -0.2) is 19.6 Å². The molecule has 3 heterocycles. The normalized spacial score (nSPS) is 14.5. The summed E-state index contributed by atoms with van der Waals surface area (Å²) in [6.07, 6.45) is 3.93. The Balaban J connectivity index is 1.98. The first-order valence-electron chi connectivity index (χ1n) is 8.21. The molecule has 0 atom stereocenters. The maximum atomic E-state index is 13.2. The van der Waals surface area contributed by atoms with Crippen molar-refractivity contribution in [3.8, 4) is 11.3 Å². The Kier molecular flexibility index (Phi) is 3.00. The number of pyridine rings is 1. The standard InChI is InChI=1S/C18H14ClN5O/c1-10-20-18-21-14-7-8-23(13-5-6-13)17(25)15(14)16(24(18)22-10)11-3-2-4-12(19)9-11/h2-4,7-9,13H,5-6H2,1H3/p+1. The van der Waals surface area contributed by atoms with Crippen molar-refractivity contribution in [3.63, 3.8) is 0 Å². The van der Waals surface area contributed by atoms with E-state index in [2.05, 4.69) is 15.1 Å². The summed E-state index contributed by atoms with van der Waals surface area (Å²) in [5.41, 5.74) is 2.21. The summed E-state index contributed by atoms with van der Waals surface area (Å²) in [5.74, 6) is 1.26. The molecule has 0 amide bonds. The minimum atomic E-state index is -0.0240. The molecule has 1 N–H and O–H groups in total. The number of hydrogen-bond donors (Lipinski definition) is 1. The van der Waals surface area contributed by atoms with Crippen molar-refractivity contribution in [3.05, 3.63) is 57.7 Å². The Labute approximate surface area is 147 Å². The summed E-state index contributed by atoms with van der Waals surface area (Å²) in [7, 11) is 0. The summed E-state index contributed by atoms with van der Waals surface area (Å²) < 4.78 is 3.58. The highest BCUT2D eigenvalue weighted by atomic mass is 35.5. The third-order valence-electron chi connectivity index (χ3n) is 4.56. The van der Waals surface area contributed by atoms with Gasteiger partial charge in [0.1, 0.15) is 5.39 Å². The molecule has 1 aliphatic rings. The van der Waals surface area contributed by atoms with Crippen LogP contribution in [0.1, 0.15) is 24.7 Å². The minimum Gasteiger partial charge on any atom is -0.312 e. The summed E-state index contributed by atoms with van der Waals surface area (Å²) in [6, 6.07) is 9.68. The van der Waals surface area contributed by atoms with Crippen LogP contribution in [0.25, 0.3) is 27.9 Å². The molecule has 0 bridgehead atoms. The molecule has 5 rings (SSSR count). The van der Waals surface area contributed by atoms with Gasteiger partial charge in [0.15, 0.2) is 11.2 Å². The molecule has 1 saturated carbocycles. The predicted molar refractivity (Wildman–Crippen MR) is 94.8 cm³/mol. The second kappa shape index (κ2) is 5.13. The lowest BCUT2D eigenvalue weighted by molar-refractivity contribution is -0.567. The van der Waals surface area contributed by atoms with Crippen molar-refractivity contribution < 1.29 is 4.52 Å². The van der Waals surface area contributed by atoms with Crippen LogP contribution in [0.2, 0.25) is 5.02 Å². The van der Waals surface area contributed by atoms with Crippen LogP contribution in [-0.2, 0) is 0 Å². The number of halogens is 1. The first kappa shape index (κ1) is 14.6. The molecule has 0 aliphatic heterocycles. The lowest BCUT2D eigenvalue weighted by atomic mass is 10.1. The monoisotopic (exact) mass is 352 g/mol. The van der Waals surface area contributed by atoms with Crippen LogP contribution in [0.15, 0.2) is 41.3 Å². The molecule has 0 spiro atoms. The highest BCUT2D eigenvalue weighted by molar-refractivity contribution is 6.30. The number of hydrogen-bond acceptors (Lipinski definition) is 3. The SMILES string of the molecule is Cc1nc2nc3ccn(C4CC4)c(=O)c3c(-c3cccc(Cl)c3)[n+]2[nH]1. The van der Waals surface area contributed by atoms with E-state index in [0.717, 1.165) is 29.9 Å². The predicted octanol–water partition coefficient (Wildman–Crippen LogP) is 2.82. The number of fused-ring (bicyclic) bond motifs is 2. The van der Waals surface area contributed by atoms with E-state index >= 15 is 0 Å². The maximum absolute atomic E-state index is 13.2. The number of H-pyrrole nitrogens is 1.